The number of nitrogens with zero attached hydrogens (tertiary/aromatic N) is 2. The van der Waals surface area contributed by atoms with Crippen LogP contribution in [0.15, 0.2) is 30.7 Å². The van der Waals surface area contributed by atoms with Crippen LogP contribution in [-0.4, -0.2) is 20.6 Å². The van der Waals surface area contributed by atoms with E-state index in [1.165, 1.54) is 0 Å². The molecule has 0 amide bonds. The van der Waals surface area contributed by atoms with E-state index in [4.69, 9.17) is 9.84 Å². The molecule has 0 bridgehead atoms. The van der Waals surface area contributed by atoms with E-state index in [0.29, 0.717) is 12.4 Å². The minimum absolute atomic E-state index is 0.172. The van der Waals surface area contributed by atoms with Gasteiger partial charge in [-0.1, -0.05) is 6.07 Å². The van der Waals surface area contributed by atoms with Crippen LogP contribution < -0.4 is 4.74 Å². The number of carboxylic acid groups (broad SMARTS) is 1. The van der Waals surface area contributed by atoms with Crippen LogP contribution in [0.5, 0.6) is 5.75 Å². The van der Waals surface area contributed by atoms with Gasteiger partial charge < -0.3 is 14.4 Å². The molecule has 0 radical (unpaired) electrons. The van der Waals surface area contributed by atoms with Crippen LogP contribution in [0.3, 0.4) is 0 Å². The summed E-state index contributed by atoms with van der Waals surface area (Å²) in [7, 11) is 0. The van der Waals surface area contributed by atoms with E-state index >= 15 is 0 Å². The van der Waals surface area contributed by atoms with Gasteiger partial charge in [-0.2, -0.15) is 0 Å². The summed E-state index contributed by atoms with van der Waals surface area (Å²) in [5, 5.41) is 9.16. The lowest BCUT2D eigenvalue weighted by Gasteiger charge is -2.14. The first-order chi connectivity index (χ1) is 9.49. The standard InChI is InChI=1S/C15H18N2O3/c1-10(2)17-9-16-7-12(17)8-20-14-6-11(3)4-5-13(14)15(18)19/h4-7,9-10H,8H2,1-3H3,(H,18,19). The molecule has 0 saturated carbocycles. The van der Waals surface area contributed by atoms with Gasteiger partial charge in [-0.25, -0.2) is 9.78 Å². The van der Waals surface area contributed by atoms with Crippen molar-refractivity contribution < 1.29 is 14.6 Å². The molecule has 5 heteroatoms. The molecule has 0 aliphatic carbocycles. The largest absolute Gasteiger partial charge is 0.486 e. The van der Waals surface area contributed by atoms with E-state index in [1.807, 2.05) is 11.5 Å². The average molecular weight is 274 g/mol. The fraction of sp³-hybridized carbons (Fsp3) is 0.333. The Morgan fingerprint density at radius 2 is 2.20 bits per heavy atom. The number of rotatable bonds is 5. The van der Waals surface area contributed by atoms with Gasteiger partial charge in [0.15, 0.2) is 0 Å². The highest BCUT2D eigenvalue weighted by Crippen LogP contribution is 2.22. The summed E-state index contributed by atoms with van der Waals surface area (Å²) in [4.78, 5) is 15.3. The topological polar surface area (TPSA) is 64.3 Å². The van der Waals surface area contributed by atoms with Crippen LogP contribution >= 0.6 is 0 Å². The highest BCUT2D eigenvalue weighted by Gasteiger charge is 2.13. The lowest BCUT2D eigenvalue weighted by Crippen LogP contribution is -2.09. The molecule has 106 valence electrons. The van der Waals surface area contributed by atoms with E-state index in [0.717, 1.165) is 11.3 Å². The monoisotopic (exact) mass is 274 g/mol. The molecule has 0 saturated heterocycles. The maximum Gasteiger partial charge on any atom is 0.339 e. The summed E-state index contributed by atoms with van der Waals surface area (Å²) < 4.78 is 7.67. The quantitative estimate of drug-likeness (QED) is 0.910. The summed E-state index contributed by atoms with van der Waals surface area (Å²) in [6.07, 6.45) is 3.48. The molecule has 1 N–H and O–H groups in total. The number of imidazole rings is 1. The third kappa shape index (κ3) is 2.99. The van der Waals surface area contributed by atoms with Crippen molar-refractivity contribution in [1.82, 2.24) is 9.55 Å². The Kier molecular flexibility index (Phi) is 4.08. The SMILES string of the molecule is Cc1ccc(C(=O)O)c(OCc2cncn2C(C)C)c1. The van der Waals surface area contributed by atoms with Crippen LogP contribution in [0.1, 0.15) is 41.5 Å². The van der Waals surface area contributed by atoms with E-state index in [2.05, 4.69) is 18.8 Å². The van der Waals surface area contributed by atoms with Gasteiger partial charge in [0.25, 0.3) is 0 Å². The van der Waals surface area contributed by atoms with Crippen molar-refractivity contribution in [1.29, 1.82) is 0 Å². The minimum atomic E-state index is -0.989. The fourth-order valence-electron chi connectivity index (χ4n) is 1.99. The molecule has 2 rings (SSSR count). The summed E-state index contributed by atoms with van der Waals surface area (Å²) in [6.45, 7) is 6.31. The zero-order chi connectivity index (χ0) is 14.7. The smallest absolute Gasteiger partial charge is 0.339 e. The van der Waals surface area contributed by atoms with Crippen molar-refractivity contribution in [2.45, 2.75) is 33.4 Å². The molecule has 1 aromatic carbocycles. The van der Waals surface area contributed by atoms with Gasteiger partial charge in [-0.05, 0) is 38.5 Å². The molecule has 20 heavy (non-hydrogen) atoms. The van der Waals surface area contributed by atoms with Gasteiger partial charge in [0.2, 0.25) is 0 Å². The van der Waals surface area contributed by atoms with Crippen LogP contribution in [0, 0.1) is 6.92 Å². The van der Waals surface area contributed by atoms with Crippen LogP contribution in [0.4, 0.5) is 0 Å². The predicted molar refractivity (Wildman–Crippen MR) is 75.1 cm³/mol. The Morgan fingerprint density at radius 1 is 1.45 bits per heavy atom. The van der Waals surface area contributed by atoms with Crippen molar-refractivity contribution in [3.05, 3.63) is 47.5 Å². The van der Waals surface area contributed by atoms with Crippen molar-refractivity contribution in [3.8, 4) is 5.75 Å². The van der Waals surface area contributed by atoms with Crippen molar-refractivity contribution in [2.24, 2.45) is 0 Å². The number of carboxylic acids is 1. The highest BCUT2D eigenvalue weighted by molar-refractivity contribution is 5.90. The summed E-state index contributed by atoms with van der Waals surface area (Å²) in [5.41, 5.74) is 2.05. The Labute approximate surface area is 117 Å². The molecule has 0 aliphatic rings. The van der Waals surface area contributed by atoms with E-state index in [-0.39, 0.29) is 11.6 Å². The lowest BCUT2D eigenvalue weighted by atomic mass is 10.1. The fourth-order valence-corrected chi connectivity index (χ4v) is 1.99. The third-order valence-electron chi connectivity index (χ3n) is 3.05. The normalized spacial score (nSPS) is 10.8. The lowest BCUT2D eigenvalue weighted by molar-refractivity contribution is 0.0691. The number of ether oxygens (including phenoxy) is 1. The van der Waals surface area contributed by atoms with Crippen molar-refractivity contribution in [2.75, 3.05) is 0 Å². The molecule has 0 aliphatic heterocycles. The zero-order valence-corrected chi connectivity index (χ0v) is 11.8. The van der Waals surface area contributed by atoms with Gasteiger partial charge in [-0.15, -0.1) is 0 Å². The second-order valence-electron chi connectivity index (χ2n) is 4.98. The molecule has 0 spiro atoms. The number of hydrogen-bond donors (Lipinski definition) is 1. The number of aryl methyl sites for hydroxylation is 1. The van der Waals surface area contributed by atoms with Crippen molar-refractivity contribution >= 4 is 5.97 Å². The van der Waals surface area contributed by atoms with Crippen LogP contribution in [-0.2, 0) is 6.61 Å². The van der Waals surface area contributed by atoms with E-state index in [9.17, 15) is 4.79 Å². The maximum atomic E-state index is 11.2. The Morgan fingerprint density at radius 3 is 2.85 bits per heavy atom. The van der Waals surface area contributed by atoms with E-state index in [1.54, 1.807) is 30.7 Å². The Bertz CT molecular complexity index is 617. The molecule has 0 atom stereocenters. The number of aromatic carboxylic acids is 1. The Balaban J connectivity index is 2.20. The average Bonchev–Trinajstić information content (AvgIpc) is 2.84. The molecule has 1 heterocycles. The molecule has 1 aromatic heterocycles. The molecule has 0 unspecified atom stereocenters. The second-order valence-corrected chi connectivity index (χ2v) is 4.98. The van der Waals surface area contributed by atoms with Crippen molar-refractivity contribution in [3.63, 3.8) is 0 Å². The maximum absolute atomic E-state index is 11.2. The van der Waals surface area contributed by atoms with Gasteiger partial charge in [0, 0.05) is 6.04 Å². The molecular formula is C15H18N2O3. The molecule has 5 nitrogen and oxygen atoms in total. The third-order valence-corrected chi connectivity index (χ3v) is 3.05. The number of hydrogen-bond acceptors (Lipinski definition) is 3. The second kappa shape index (κ2) is 5.77. The first-order valence-electron chi connectivity index (χ1n) is 6.46. The van der Waals surface area contributed by atoms with Gasteiger partial charge >= 0.3 is 5.97 Å². The molecule has 2 aromatic rings. The minimum Gasteiger partial charge on any atom is -0.486 e. The van der Waals surface area contributed by atoms with Gasteiger partial charge in [0.1, 0.15) is 17.9 Å². The number of benzene rings is 1. The predicted octanol–water partition coefficient (Wildman–Crippen LogP) is 3.05. The van der Waals surface area contributed by atoms with Gasteiger partial charge in [-0.3, -0.25) is 0 Å². The molecular weight excluding hydrogens is 256 g/mol. The van der Waals surface area contributed by atoms with Gasteiger partial charge in [0.05, 0.1) is 18.2 Å². The van der Waals surface area contributed by atoms with Crippen LogP contribution in [0.2, 0.25) is 0 Å². The zero-order valence-electron chi connectivity index (χ0n) is 11.8. The first-order valence-corrected chi connectivity index (χ1v) is 6.46. The summed E-state index contributed by atoms with van der Waals surface area (Å²) >= 11 is 0. The van der Waals surface area contributed by atoms with E-state index < -0.39 is 5.97 Å². The van der Waals surface area contributed by atoms with Crippen LogP contribution in [0.25, 0.3) is 0 Å². The number of carbonyl (C=O) groups is 1. The summed E-state index contributed by atoms with van der Waals surface area (Å²) in [6, 6.07) is 5.34. The number of aromatic nitrogens is 2. The summed E-state index contributed by atoms with van der Waals surface area (Å²) in [5.74, 6) is -0.605. The molecule has 0 fully saturated rings. The first kappa shape index (κ1) is 14.1. The highest BCUT2D eigenvalue weighted by atomic mass is 16.5. The Hall–Kier alpha value is -2.30.